The van der Waals surface area contributed by atoms with Gasteiger partial charge in [0, 0.05) is 25.1 Å². The Labute approximate surface area is 205 Å². The number of carbonyl (C=O) groups is 3. The van der Waals surface area contributed by atoms with Gasteiger partial charge in [-0.25, -0.2) is 8.60 Å². The van der Waals surface area contributed by atoms with Gasteiger partial charge < -0.3 is 19.5 Å². The molecule has 1 aromatic rings. The van der Waals surface area contributed by atoms with Crippen LogP contribution in [-0.4, -0.2) is 55.1 Å². The number of benzene rings is 1. The number of nitrogens with one attached hydrogen (secondary N) is 2. The fourth-order valence-corrected chi connectivity index (χ4v) is 4.58. The summed E-state index contributed by atoms with van der Waals surface area (Å²) in [5.74, 6) is -0.589. The molecule has 35 heavy (non-hydrogen) atoms. The average Bonchev–Trinajstić information content (AvgIpc) is 3.45. The average molecular weight is 512 g/mol. The van der Waals surface area contributed by atoms with Crippen molar-refractivity contribution in [1.82, 2.24) is 10.0 Å². The lowest BCUT2D eigenvalue weighted by Gasteiger charge is -2.19. The van der Waals surface area contributed by atoms with Gasteiger partial charge in [-0.15, -0.1) is 0 Å². The first-order valence-electron chi connectivity index (χ1n) is 11.3. The molecule has 3 atom stereocenters. The van der Waals surface area contributed by atoms with E-state index in [9.17, 15) is 18.6 Å². The van der Waals surface area contributed by atoms with Crippen LogP contribution in [0, 0.1) is 17.7 Å². The number of nitrogens with zero attached hydrogens (tertiary/aromatic N) is 1. The van der Waals surface area contributed by atoms with Crippen LogP contribution in [-0.2, 0) is 35.0 Å². The predicted molar refractivity (Wildman–Crippen MR) is 127 cm³/mol. The van der Waals surface area contributed by atoms with Gasteiger partial charge in [-0.05, 0) is 36.5 Å². The smallest absolute Gasteiger partial charge is 0.311 e. The summed E-state index contributed by atoms with van der Waals surface area (Å²) in [7, 11) is 1.42. The second-order valence-corrected chi connectivity index (χ2v) is 9.76. The highest BCUT2D eigenvalue weighted by Crippen LogP contribution is 2.40. The third-order valence-electron chi connectivity index (χ3n) is 5.62. The molecule has 0 aromatic heterocycles. The van der Waals surface area contributed by atoms with Gasteiger partial charge >= 0.3 is 5.97 Å². The van der Waals surface area contributed by atoms with Crippen molar-refractivity contribution in [3.05, 3.63) is 29.6 Å². The van der Waals surface area contributed by atoms with Gasteiger partial charge in [-0.2, -0.15) is 0 Å². The number of halogens is 1. The van der Waals surface area contributed by atoms with E-state index in [1.54, 1.807) is 26.0 Å². The molecule has 12 heteroatoms. The molecule has 10 nitrogen and oxygen atoms in total. The second-order valence-electron chi connectivity index (χ2n) is 8.62. The van der Waals surface area contributed by atoms with Crippen LogP contribution >= 0.6 is 0 Å². The minimum absolute atomic E-state index is 0.0578. The lowest BCUT2D eigenvalue weighted by Crippen LogP contribution is -2.25. The maximum Gasteiger partial charge on any atom is 0.311 e. The Hall–Kier alpha value is -2.99. The molecule has 1 saturated carbocycles. The third-order valence-corrected chi connectivity index (χ3v) is 6.74. The van der Waals surface area contributed by atoms with Crippen LogP contribution in [0.2, 0.25) is 0 Å². The molecule has 0 bridgehead atoms. The summed E-state index contributed by atoms with van der Waals surface area (Å²) in [6, 6.07) is 3.63. The maximum atomic E-state index is 15.2. The van der Waals surface area contributed by atoms with Gasteiger partial charge in [0.25, 0.3) is 12.4 Å². The van der Waals surface area contributed by atoms with Gasteiger partial charge in [-0.3, -0.25) is 23.4 Å². The normalized spacial score (nSPS) is 22.1. The molecule has 192 valence electrons. The maximum absolute atomic E-state index is 15.2. The van der Waals surface area contributed by atoms with Gasteiger partial charge in [0.1, 0.15) is 18.0 Å². The van der Waals surface area contributed by atoms with E-state index in [4.69, 9.17) is 4.74 Å². The Balaban J connectivity index is 0.000000266. The Morgan fingerprint density at radius 1 is 1.29 bits per heavy atom. The zero-order chi connectivity index (χ0) is 25.7. The monoisotopic (exact) mass is 511 g/mol. The molecule has 0 spiro atoms. The summed E-state index contributed by atoms with van der Waals surface area (Å²) in [5.41, 5.74) is 1.40. The Bertz CT molecular complexity index is 1030. The van der Waals surface area contributed by atoms with Crippen LogP contribution in [0.15, 0.2) is 18.2 Å². The summed E-state index contributed by atoms with van der Waals surface area (Å²) in [5, 5.41) is 3.40. The highest BCUT2D eigenvalue weighted by molar-refractivity contribution is 7.85. The van der Waals surface area contributed by atoms with Crippen LogP contribution in [0.3, 0.4) is 0 Å². The third kappa shape index (κ3) is 6.57. The van der Waals surface area contributed by atoms with Crippen LogP contribution in [0.5, 0.6) is 5.75 Å². The largest absolute Gasteiger partial charge is 0.494 e. The number of hydrogen-bond donors (Lipinski definition) is 2. The fraction of sp³-hybridized carbons (Fsp3) is 0.522. The molecule has 1 aromatic carbocycles. The molecule has 1 amide bonds. The Morgan fingerprint density at radius 2 is 2.00 bits per heavy atom. The molecular formula is C23H30FN3O7S. The van der Waals surface area contributed by atoms with Crippen LogP contribution < -0.4 is 19.1 Å². The number of ether oxygens (including phenoxy) is 3. The highest BCUT2D eigenvalue weighted by atomic mass is 32.2. The van der Waals surface area contributed by atoms with E-state index in [0.717, 1.165) is 5.57 Å². The van der Waals surface area contributed by atoms with Gasteiger partial charge in [0.05, 0.1) is 13.0 Å². The number of rotatable bonds is 8. The van der Waals surface area contributed by atoms with Crippen molar-refractivity contribution in [3.8, 4) is 5.75 Å². The summed E-state index contributed by atoms with van der Waals surface area (Å²) in [6.07, 6.45) is 3.70. The quantitative estimate of drug-likeness (QED) is 0.308. The Kier molecular flexibility index (Phi) is 8.84. The van der Waals surface area contributed by atoms with Crippen LogP contribution in [0.4, 0.5) is 10.1 Å². The highest BCUT2D eigenvalue weighted by Gasteiger charge is 2.35. The van der Waals surface area contributed by atoms with Gasteiger partial charge in [-0.1, -0.05) is 19.9 Å². The minimum atomic E-state index is -1.80. The van der Waals surface area contributed by atoms with Crippen molar-refractivity contribution >= 4 is 40.8 Å². The lowest BCUT2D eigenvalue weighted by atomic mass is 10.0. The summed E-state index contributed by atoms with van der Waals surface area (Å²) in [4.78, 5) is 32.0. The van der Waals surface area contributed by atoms with E-state index in [2.05, 4.69) is 25.6 Å². The minimum Gasteiger partial charge on any atom is -0.494 e. The number of amides is 1. The number of carbonyl (C=O) groups excluding carboxylic acids is 3. The molecule has 4 rings (SSSR count). The van der Waals surface area contributed by atoms with E-state index in [1.807, 2.05) is 0 Å². The molecule has 2 N–H and O–H groups in total. The van der Waals surface area contributed by atoms with Crippen molar-refractivity contribution < 1.29 is 37.2 Å². The first kappa shape index (κ1) is 26.6. The van der Waals surface area contributed by atoms with Gasteiger partial charge in [0.2, 0.25) is 17.5 Å². The number of methoxy groups -OCH3 is 1. The standard InChI is InChI=1S/C16H18FN3O3S.C7H12O4/c1-23-13-5-4-11(10-6-12(18-7-10)9-2-3-9)15(17)16(13)20-8-14(21)19-24(20)22;1-5(2)7(9)11-6(3)10-4-8/h4-6,9,12,18H,2-3,7-8H2,1H3,(H,19,21);4-6H,1-3H3. The van der Waals surface area contributed by atoms with Crippen LogP contribution in [0.25, 0.3) is 5.57 Å². The Morgan fingerprint density at radius 3 is 2.54 bits per heavy atom. The zero-order valence-electron chi connectivity index (χ0n) is 20.0. The molecular weight excluding hydrogens is 481 g/mol. The molecule has 1 aliphatic carbocycles. The molecule has 2 heterocycles. The topological polar surface area (TPSA) is 123 Å². The first-order chi connectivity index (χ1) is 16.7. The van der Waals surface area contributed by atoms with Crippen molar-refractivity contribution in [2.75, 3.05) is 24.5 Å². The number of esters is 1. The summed E-state index contributed by atoms with van der Waals surface area (Å²) < 4.78 is 44.9. The van der Waals surface area contributed by atoms with Crippen molar-refractivity contribution in [2.24, 2.45) is 11.8 Å². The van der Waals surface area contributed by atoms with E-state index in [-0.39, 0.29) is 36.3 Å². The van der Waals surface area contributed by atoms with E-state index in [1.165, 1.54) is 31.2 Å². The molecule has 2 aliphatic heterocycles. The van der Waals surface area contributed by atoms with Crippen molar-refractivity contribution in [3.63, 3.8) is 0 Å². The van der Waals surface area contributed by atoms with E-state index < -0.39 is 29.2 Å². The fourth-order valence-electron chi connectivity index (χ4n) is 3.64. The van der Waals surface area contributed by atoms with E-state index >= 15 is 4.39 Å². The summed E-state index contributed by atoms with van der Waals surface area (Å²) >= 11 is -1.80. The zero-order valence-corrected chi connectivity index (χ0v) is 20.9. The molecule has 0 radical (unpaired) electrons. The molecule has 3 unspecified atom stereocenters. The molecule has 3 aliphatic rings. The van der Waals surface area contributed by atoms with Crippen molar-refractivity contribution in [2.45, 2.75) is 45.9 Å². The van der Waals surface area contributed by atoms with E-state index in [0.29, 0.717) is 24.1 Å². The predicted octanol–water partition coefficient (Wildman–Crippen LogP) is 1.82. The number of hydrogen-bond acceptors (Lipinski definition) is 8. The number of anilines is 1. The summed E-state index contributed by atoms with van der Waals surface area (Å²) in [6.45, 7) is 5.58. The van der Waals surface area contributed by atoms with Gasteiger partial charge in [0.15, 0.2) is 5.82 Å². The molecule has 1 saturated heterocycles. The van der Waals surface area contributed by atoms with Crippen LogP contribution in [0.1, 0.15) is 39.2 Å². The first-order valence-corrected chi connectivity index (χ1v) is 12.4. The lowest BCUT2D eigenvalue weighted by molar-refractivity contribution is -0.179. The van der Waals surface area contributed by atoms with Crippen molar-refractivity contribution in [1.29, 1.82) is 0 Å². The SMILES string of the molecule is CC(OC=O)OC(=O)C(C)C.COc1ccc(C2=CC(C3CC3)NC2)c(F)c1N1CC(=O)NS1=O. The second kappa shape index (κ2) is 11.6. The molecule has 2 fully saturated rings.